The second-order valence-corrected chi connectivity index (χ2v) is 8.96. The van der Waals surface area contributed by atoms with Crippen LogP contribution in [0.25, 0.3) is 5.69 Å². The van der Waals surface area contributed by atoms with Crippen LogP contribution in [0.4, 0.5) is 5.69 Å². The average molecular weight is 460 g/mol. The molecule has 2 saturated heterocycles. The maximum absolute atomic E-state index is 13.2. The minimum atomic E-state index is -0.282. The van der Waals surface area contributed by atoms with Gasteiger partial charge in [0.15, 0.2) is 0 Å². The molecule has 34 heavy (non-hydrogen) atoms. The lowest BCUT2D eigenvalue weighted by molar-refractivity contribution is -0.142. The predicted molar refractivity (Wildman–Crippen MR) is 128 cm³/mol. The molecule has 2 fully saturated rings. The SMILES string of the molecule is Cc1ccc(C(=O)Nc2ccc(-n3ccnc3)cc2)c(C2CCN(C(=O)[C@@H]3CCCO3)CC2)n1. The van der Waals surface area contributed by atoms with Crippen LogP contribution in [0.1, 0.15) is 53.3 Å². The first-order valence-electron chi connectivity index (χ1n) is 11.9. The van der Waals surface area contributed by atoms with E-state index in [1.165, 1.54) is 0 Å². The van der Waals surface area contributed by atoms with Crippen LogP contribution in [0.2, 0.25) is 0 Å². The number of anilines is 1. The molecule has 0 unspecified atom stereocenters. The van der Waals surface area contributed by atoms with Crippen LogP contribution < -0.4 is 5.32 Å². The molecule has 1 aromatic carbocycles. The highest BCUT2D eigenvalue weighted by atomic mass is 16.5. The second-order valence-electron chi connectivity index (χ2n) is 8.96. The molecular weight excluding hydrogens is 430 g/mol. The molecule has 5 rings (SSSR count). The molecule has 8 heteroatoms. The van der Waals surface area contributed by atoms with Crippen molar-refractivity contribution >= 4 is 17.5 Å². The average Bonchev–Trinajstić information content (AvgIpc) is 3.59. The number of likely N-dealkylation sites (tertiary alicyclic amines) is 1. The molecule has 1 atom stereocenters. The first-order chi connectivity index (χ1) is 16.6. The Morgan fingerprint density at radius 3 is 2.53 bits per heavy atom. The van der Waals surface area contributed by atoms with Gasteiger partial charge in [-0.2, -0.15) is 0 Å². The van der Waals surface area contributed by atoms with Crippen LogP contribution in [-0.2, 0) is 9.53 Å². The zero-order chi connectivity index (χ0) is 23.5. The van der Waals surface area contributed by atoms with Gasteiger partial charge >= 0.3 is 0 Å². The Morgan fingerprint density at radius 2 is 1.85 bits per heavy atom. The number of amides is 2. The number of ether oxygens (including phenoxy) is 1. The summed E-state index contributed by atoms with van der Waals surface area (Å²) in [5, 5.41) is 3.01. The summed E-state index contributed by atoms with van der Waals surface area (Å²) in [7, 11) is 0. The van der Waals surface area contributed by atoms with Gasteiger partial charge in [-0.15, -0.1) is 0 Å². The predicted octanol–water partition coefficient (Wildman–Crippen LogP) is 3.71. The fourth-order valence-electron chi connectivity index (χ4n) is 4.76. The lowest BCUT2D eigenvalue weighted by atomic mass is 9.89. The van der Waals surface area contributed by atoms with E-state index >= 15 is 0 Å². The zero-order valence-corrected chi connectivity index (χ0v) is 19.3. The van der Waals surface area contributed by atoms with Crippen LogP contribution >= 0.6 is 0 Å². The highest BCUT2D eigenvalue weighted by Gasteiger charge is 2.32. The van der Waals surface area contributed by atoms with E-state index in [1.54, 1.807) is 12.5 Å². The number of hydrogen-bond acceptors (Lipinski definition) is 5. The summed E-state index contributed by atoms with van der Waals surface area (Å²) in [6.07, 6.45) is 8.38. The number of nitrogens with zero attached hydrogens (tertiary/aromatic N) is 4. The van der Waals surface area contributed by atoms with Crippen molar-refractivity contribution in [3.8, 4) is 5.69 Å². The van der Waals surface area contributed by atoms with Gasteiger partial charge in [-0.1, -0.05) is 0 Å². The van der Waals surface area contributed by atoms with Crippen molar-refractivity contribution in [1.82, 2.24) is 19.4 Å². The van der Waals surface area contributed by atoms with E-state index in [2.05, 4.69) is 10.3 Å². The topological polar surface area (TPSA) is 89.4 Å². The Hall–Kier alpha value is -3.52. The molecule has 1 N–H and O–H groups in total. The number of rotatable bonds is 5. The van der Waals surface area contributed by atoms with Crippen molar-refractivity contribution in [2.75, 3.05) is 25.0 Å². The molecule has 0 spiro atoms. The largest absolute Gasteiger partial charge is 0.368 e. The van der Waals surface area contributed by atoms with E-state index in [0.717, 1.165) is 48.4 Å². The van der Waals surface area contributed by atoms with Crippen molar-refractivity contribution in [3.05, 3.63) is 72.1 Å². The van der Waals surface area contributed by atoms with Gasteiger partial charge in [0.05, 0.1) is 17.6 Å². The third-order valence-corrected chi connectivity index (χ3v) is 6.63. The van der Waals surface area contributed by atoms with E-state index in [9.17, 15) is 9.59 Å². The molecule has 3 aromatic rings. The van der Waals surface area contributed by atoms with Crippen molar-refractivity contribution < 1.29 is 14.3 Å². The normalized spacial score (nSPS) is 18.7. The van der Waals surface area contributed by atoms with Crippen LogP contribution in [0.3, 0.4) is 0 Å². The van der Waals surface area contributed by atoms with E-state index < -0.39 is 0 Å². The lowest BCUT2D eigenvalue weighted by Gasteiger charge is -2.33. The summed E-state index contributed by atoms with van der Waals surface area (Å²) in [5.41, 5.74) is 3.98. The number of hydrogen-bond donors (Lipinski definition) is 1. The number of piperidine rings is 1. The highest BCUT2D eigenvalue weighted by molar-refractivity contribution is 6.05. The number of imidazole rings is 1. The van der Waals surface area contributed by atoms with Crippen molar-refractivity contribution in [2.45, 2.75) is 44.6 Å². The fourth-order valence-corrected chi connectivity index (χ4v) is 4.76. The Labute approximate surface area is 199 Å². The number of benzene rings is 1. The van der Waals surface area contributed by atoms with Crippen LogP contribution in [0, 0.1) is 6.92 Å². The summed E-state index contributed by atoms with van der Waals surface area (Å²) < 4.78 is 7.48. The quantitative estimate of drug-likeness (QED) is 0.628. The Morgan fingerprint density at radius 1 is 1.06 bits per heavy atom. The third-order valence-electron chi connectivity index (χ3n) is 6.63. The number of nitrogens with one attached hydrogen (secondary N) is 1. The minimum absolute atomic E-state index is 0.102. The van der Waals surface area contributed by atoms with Gasteiger partial charge in [0.2, 0.25) is 0 Å². The molecule has 2 aliphatic heterocycles. The van der Waals surface area contributed by atoms with Gasteiger partial charge in [-0.25, -0.2) is 4.98 Å². The van der Waals surface area contributed by atoms with E-state index in [0.29, 0.717) is 25.3 Å². The fraction of sp³-hybridized carbons (Fsp3) is 0.385. The number of carbonyl (C=O) groups excluding carboxylic acids is 2. The molecule has 0 radical (unpaired) electrons. The molecule has 2 aliphatic rings. The first kappa shape index (κ1) is 22.3. The molecule has 0 aliphatic carbocycles. The third kappa shape index (κ3) is 4.72. The molecule has 0 saturated carbocycles. The van der Waals surface area contributed by atoms with E-state index in [4.69, 9.17) is 9.72 Å². The van der Waals surface area contributed by atoms with Gasteiger partial charge in [0.1, 0.15) is 6.10 Å². The van der Waals surface area contributed by atoms with Gasteiger partial charge in [-0.3, -0.25) is 14.6 Å². The standard InChI is InChI=1S/C26H29N5O3/c1-18-4-9-22(25(32)29-20-5-7-21(8-6-20)31-15-12-27-17-31)24(28-18)19-10-13-30(14-11-19)26(33)23-3-2-16-34-23/h4-9,12,15,17,19,23H,2-3,10-11,13-14,16H2,1H3,(H,29,32)/t23-/m0/s1. The Bertz CT molecular complexity index is 1150. The smallest absolute Gasteiger partial charge is 0.257 e. The van der Waals surface area contributed by atoms with E-state index in [1.807, 2.05) is 59.0 Å². The van der Waals surface area contributed by atoms with E-state index in [-0.39, 0.29) is 23.8 Å². The number of pyridine rings is 1. The van der Waals surface area contributed by atoms with Gasteiger partial charge in [-0.05, 0) is 69.0 Å². The van der Waals surface area contributed by atoms with Crippen LogP contribution in [0.5, 0.6) is 0 Å². The second kappa shape index (κ2) is 9.77. The van der Waals surface area contributed by atoms with Gasteiger partial charge in [0, 0.05) is 55.1 Å². The monoisotopic (exact) mass is 459 g/mol. The summed E-state index contributed by atoms with van der Waals surface area (Å²) in [6, 6.07) is 11.4. The molecule has 8 nitrogen and oxygen atoms in total. The first-order valence-corrected chi connectivity index (χ1v) is 11.9. The molecule has 2 aromatic heterocycles. The maximum Gasteiger partial charge on any atom is 0.257 e. The number of carbonyl (C=O) groups is 2. The maximum atomic E-state index is 13.2. The molecule has 4 heterocycles. The van der Waals surface area contributed by atoms with Crippen molar-refractivity contribution in [3.63, 3.8) is 0 Å². The van der Waals surface area contributed by atoms with Gasteiger partial charge in [0.25, 0.3) is 11.8 Å². The van der Waals surface area contributed by atoms with Crippen molar-refractivity contribution in [2.24, 2.45) is 0 Å². The minimum Gasteiger partial charge on any atom is -0.368 e. The summed E-state index contributed by atoms with van der Waals surface area (Å²) in [4.78, 5) is 36.6. The molecular formula is C26H29N5O3. The molecule has 0 bridgehead atoms. The lowest BCUT2D eigenvalue weighted by Crippen LogP contribution is -2.43. The summed E-state index contributed by atoms with van der Waals surface area (Å²) in [5.74, 6) is 0.0683. The van der Waals surface area contributed by atoms with Gasteiger partial charge < -0.3 is 19.5 Å². The van der Waals surface area contributed by atoms with Crippen molar-refractivity contribution in [1.29, 1.82) is 0 Å². The summed E-state index contributed by atoms with van der Waals surface area (Å²) >= 11 is 0. The van der Waals surface area contributed by atoms with Crippen LogP contribution in [-0.4, -0.2) is 57.0 Å². The molecule has 176 valence electrons. The number of aromatic nitrogens is 3. The Kier molecular flexibility index (Phi) is 6.40. The highest BCUT2D eigenvalue weighted by Crippen LogP contribution is 2.31. The zero-order valence-electron chi connectivity index (χ0n) is 19.3. The molecule has 2 amide bonds. The Balaban J connectivity index is 1.27. The summed E-state index contributed by atoms with van der Waals surface area (Å²) in [6.45, 7) is 3.94. The number of aryl methyl sites for hydroxylation is 1. The van der Waals surface area contributed by atoms with Crippen LogP contribution in [0.15, 0.2) is 55.1 Å².